The molecule has 0 saturated carbocycles. The van der Waals surface area contributed by atoms with Crippen molar-refractivity contribution in [1.29, 1.82) is 0 Å². The fourth-order valence-corrected chi connectivity index (χ4v) is 2.15. The first-order chi connectivity index (χ1) is 7.66. The van der Waals surface area contributed by atoms with Crippen molar-refractivity contribution in [3.05, 3.63) is 16.5 Å². The predicted octanol–water partition coefficient (Wildman–Crippen LogP) is 2.40. The van der Waals surface area contributed by atoms with Crippen LogP contribution in [0.4, 0.5) is 5.82 Å². The zero-order chi connectivity index (χ0) is 11.5. The van der Waals surface area contributed by atoms with Gasteiger partial charge < -0.3 is 9.64 Å². The number of halogens is 2. The van der Waals surface area contributed by atoms with Gasteiger partial charge in [0.05, 0.1) is 12.3 Å². The summed E-state index contributed by atoms with van der Waals surface area (Å²) in [6.45, 7) is 1.61. The summed E-state index contributed by atoms with van der Waals surface area (Å²) in [4.78, 5) is 9.88. The van der Waals surface area contributed by atoms with Crippen LogP contribution in [0.2, 0.25) is 10.3 Å². The lowest BCUT2D eigenvalue weighted by Crippen LogP contribution is -2.29. The highest BCUT2D eigenvalue weighted by molar-refractivity contribution is 6.33. The Morgan fingerprint density at radius 3 is 3.06 bits per heavy atom. The first-order valence-electron chi connectivity index (χ1n) is 5.17. The minimum absolute atomic E-state index is 0.207. The van der Waals surface area contributed by atoms with Gasteiger partial charge in [0, 0.05) is 20.2 Å². The van der Waals surface area contributed by atoms with Gasteiger partial charge >= 0.3 is 0 Å². The van der Waals surface area contributed by atoms with E-state index in [1.807, 2.05) is 11.9 Å². The average Bonchev–Trinajstić information content (AvgIpc) is 2.74. The Morgan fingerprint density at radius 2 is 2.38 bits per heavy atom. The van der Waals surface area contributed by atoms with Gasteiger partial charge in [-0.05, 0) is 24.4 Å². The Hall–Kier alpha value is -0.580. The van der Waals surface area contributed by atoms with Crippen molar-refractivity contribution in [3.8, 4) is 0 Å². The van der Waals surface area contributed by atoms with Crippen LogP contribution in [0.5, 0.6) is 0 Å². The van der Waals surface area contributed by atoms with Crippen molar-refractivity contribution in [2.24, 2.45) is 0 Å². The number of rotatable bonds is 3. The van der Waals surface area contributed by atoms with Crippen LogP contribution < -0.4 is 4.90 Å². The lowest BCUT2D eigenvalue weighted by Gasteiger charge is -2.22. The molecule has 1 aliphatic rings. The Bertz CT molecular complexity index is 369. The molecule has 2 heterocycles. The molecule has 1 atom stereocenters. The lowest BCUT2D eigenvalue weighted by atomic mass is 10.2. The molecule has 1 fully saturated rings. The molecule has 4 nitrogen and oxygen atoms in total. The molecule has 0 spiro atoms. The van der Waals surface area contributed by atoms with E-state index in [0.717, 1.165) is 26.0 Å². The van der Waals surface area contributed by atoms with Crippen molar-refractivity contribution in [2.75, 3.05) is 25.1 Å². The van der Waals surface area contributed by atoms with Gasteiger partial charge in [0.25, 0.3) is 0 Å². The van der Waals surface area contributed by atoms with Gasteiger partial charge in [-0.2, -0.15) is 4.98 Å². The van der Waals surface area contributed by atoms with Crippen LogP contribution in [0.15, 0.2) is 6.20 Å². The second-order valence-corrected chi connectivity index (χ2v) is 4.57. The maximum absolute atomic E-state index is 6.01. The number of hydrogen-bond acceptors (Lipinski definition) is 4. The summed E-state index contributed by atoms with van der Waals surface area (Å²) in [5.74, 6) is 0.650. The van der Waals surface area contributed by atoms with Gasteiger partial charge in [-0.1, -0.05) is 11.6 Å². The summed E-state index contributed by atoms with van der Waals surface area (Å²) in [6, 6.07) is 0. The molecule has 2 rings (SSSR count). The first-order valence-corrected chi connectivity index (χ1v) is 5.93. The summed E-state index contributed by atoms with van der Waals surface area (Å²) in [5, 5.41) is 0.712. The van der Waals surface area contributed by atoms with Crippen LogP contribution in [0.1, 0.15) is 12.8 Å². The predicted molar refractivity (Wildman–Crippen MR) is 64.3 cm³/mol. The number of anilines is 1. The summed E-state index contributed by atoms with van der Waals surface area (Å²) in [6.07, 6.45) is 3.98. The van der Waals surface area contributed by atoms with Gasteiger partial charge in [0.1, 0.15) is 5.02 Å². The van der Waals surface area contributed by atoms with Gasteiger partial charge in [0.15, 0.2) is 5.82 Å². The summed E-state index contributed by atoms with van der Waals surface area (Å²) >= 11 is 11.7. The van der Waals surface area contributed by atoms with Gasteiger partial charge in [-0.25, -0.2) is 4.98 Å². The quantitative estimate of drug-likeness (QED) is 0.784. The second-order valence-electron chi connectivity index (χ2n) is 3.83. The third-order valence-corrected chi connectivity index (χ3v) is 3.01. The SMILES string of the molecule is CN(CC1CCCO1)c1nc(Cl)ncc1Cl. The molecule has 0 amide bonds. The monoisotopic (exact) mass is 261 g/mol. The number of likely N-dealkylation sites (N-methyl/N-ethyl adjacent to an activating group) is 1. The van der Waals surface area contributed by atoms with Gasteiger partial charge in [0.2, 0.25) is 5.28 Å². The van der Waals surface area contributed by atoms with Crippen LogP contribution in [0.3, 0.4) is 0 Å². The van der Waals surface area contributed by atoms with Crippen molar-refractivity contribution >= 4 is 29.0 Å². The minimum Gasteiger partial charge on any atom is -0.376 e. The zero-order valence-electron chi connectivity index (χ0n) is 8.99. The van der Waals surface area contributed by atoms with E-state index in [1.54, 1.807) is 0 Å². The Balaban J connectivity index is 2.07. The molecule has 1 aromatic rings. The first kappa shape index (κ1) is 11.9. The molecule has 0 radical (unpaired) electrons. The van der Waals surface area contributed by atoms with E-state index < -0.39 is 0 Å². The minimum atomic E-state index is 0.207. The molecular weight excluding hydrogens is 249 g/mol. The second kappa shape index (κ2) is 5.17. The summed E-state index contributed by atoms with van der Waals surface area (Å²) in [7, 11) is 1.92. The van der Waals surface area contributed by atoms with Crippen molar-refractivity contribution in [3.63, 3.8) is 0 Å². The molecule has 88 valence electrons. The number of hydrogen-bond donors (Lipinski definition) is 0. The fourth-order valence-electron chi connectivity index (χ4n) is 1.79. The third-order valence-electron chi connectivity index (χ3n) is 2.56. The number of ether oxygens (including phenoxy) is 1. The maximum atomic E-state index is 6.01. The van der Waals surface area contributed by atoms with E-state index in [-0.39, 0.29) is 11.4 Å². The number of nitrogens with zero attached hydrogens (tertiary/aromatic N) is 3. The van der Waals surface area contributed by atoms with Crippen molar-refractivity contribution in [2.45, 2.75) is 18.9 Å². The Kier molecular flexibility index (Phi) is 3.84. The maximum Gasteiger partial charge on any atom is 0.224 e. The van der Waals surface area contributed by atoms with E-state index in [0.29, 0.717) is 10.8 Å². The topological polar surface area (TPSA) is 38.2 Å². The zero-order valence-corrected chi connectivity index (χ0v) is 10.5. The fraction of sp³-hybridized carbons (Fsp3) is 0.600. The highest BCUT2D eigenvalue weighted by Crippen LogP contribution is 2.24. The van der Waals surface area contributed by atoms with Crippen LogP contribution in [-0.2, 0) is 4.74 Å². The standard InChI is InChI=1S/C10H13Cl2N3O/c1-15(6-7-3-2-4-16-7)9-8(11)5-13-10(12)14-9/h5,7H,2-4,6H2,1H3. The van der Waals surface area contributed by atoms with Crippen LogP contribution in [0.25, 0.3) is 0 Å². The highest BCUT2D eigenvalue weighted by atomic mass is 35.5. The molecule has 1 aromatic heterocycles. The molecule has 0 bridgehead atoms. The lowest BCUT2D eigenvalue weighted by molar-refractivity contribution is 0.116. The summed E-state index contributed by atoms with van der Waals surface area (Å²) in [5.41, 5.74) is 0. The molecule has 1 aliphatic heterocycles. The Labute approximate surface area is 105 Å². The van der Waals surface area contributed by atoms with Gasteiger partial charge in [-0.3, -0.25) is 0 Å². The van der Waals surface area contributed by atoms with Crippen LogP contribution in [-0.4, -0.2) is 36.3 Å². The van der Waals surface area contributed by atoms with E-state index in [4.69, 9.17) is 27.9 Å². The van der Waals surface area contributed by atoms with E-state index in [1.165, 1.54) is 6.20 Å². The van der Waals surface area contributed by atoms with Crippen molar-refractivity contribution < 1.29 is 4.74 Å². The molecule has 0 aromatic carbocycles. The van der Waals surface area contributed by atoms with Crippen LogP contribution in [0, 0.1) is 0 Å². The molecule has 16 heavy (non-hydrogen) atoms. The van der Waals surface area contributed by atoms with Crippen LogP contribution >= 0.6 is 23.2 Å². The molecule has 1 unspecified atom stereocenters. The molecule has 6 heteroatoms. The van der Waals surface area contributed by atoms with E-state index in [9.17, 15) is 0 Å². The van der Waals surface area contributed by atoms with E-state index in [2.05, 4.69) is 9.97 Å². The molecule has 1 saturated heterocycles. The third kappa shape index (κ3) is 2.75. The van der Waals surface area contributed by atoms with E-state index >= 15 is 0 Å². The largest absolute Gasteiger partial charge is 0.376 e. The highest BCUT2D eigenvalue weighted by Gasteiger charge is 2.19. The van der Waals surface area contributed by atoms with Gasteiger partial charge in [-0.15, -0.1) is 0 Å². The molecule has 0 N–H and O–H groups in total. The summed E-state index contributed by atoms with van der Waals surface area (Å²) < 4.78 is 5.55. The van der Waals surface area contributed by atoms with Crippen molar-refractivity contribution in [1.82, 2.24) is 9.97 Å². The Morgan fingerprint density at radius 1 is 1.56 bits per heavy atom. The normalized spacial score (nSPS) is 20.1. The molecule has 0 aliphatic carbocycles. The average molecular weight is 262 g/mol. The molecular formula is C10H13Cl2N3O. The number of aromatic nitrogens is 2. The smallest absolute Gasteiger partial charge is 0.224 e.